The van der Waals surface area contributed by atoms with Gasteiger partial charge in [-0.15, -0.1) is 0 Å². The molecule has 4 rings (SSSR count). The Labute approximate surface area is 203 Å². The number of benzene rings is 1. The maximum atomic E-state index is 13.2. The van der Waals surface area contributed by atoms with Gasteiger partial charge in [-0.05, 0) is 54.2 Å². The number of nitrogens with one attached hydrogen (secondary N) is 1. The van der Waals surface area contributed by atoms with E-state index in [-0.39, 0.29) is 29.1 Å². The van der Waals surface area contributed by atoms with Gasteiger partial charge in [0.05, 0.1) is 18.0 Å². The largest absolute Gasteiger partial charge is 0.446 e. The van der Waals surface area contributed by atoms with E-state index in [9.17, 15) is 4.79 Å². The Morgan fingerprint density at radius 2 is 1.88 bits per heavy atom. The van der Waals surface area contributed by atoms with Gasteiger partial charge >= 0.3 is 6.09 Å². The summed E-state index contributed by atoms with van der Waals surface area (Å²) < 4.78 is 6.09. The summed E-state index contributed by atoms with van der Waals surface area (Å²) in [6.45, 7) is 11.9. The van der Waals surface area contributed by atoms with Crippen LogP contribution in [0, 0.1) is 22.2 Å². The first-order chi connectivity index (χ1) is 16.1. The molecule has 0 radical (unpaired) electrons. The molecule has 1 saturated heterocycles. The SMILES string of the molecule is CC1(C)CC(OC(=O)N2CCN(Cc3cnc[nH]3)C(Cc3ccc(C#N)cc3)C2)CC(C)(C)C1. The number of nitrogens with zero attached hydrogens (tertiary/aromatic N) is 4. The first-order valence-electron chi connectivity index (χ1n) is 12.3. The van der Waals surface area contributed by atoms with Crippen LogP contribution in [0.4, 0.5) is 4.79 Å². The first-order valence-corrected chi connectivity index (χ1v) is 12.3. The highest BCUT2D eigenvalue weighted by atomic mass is 16.6. The fourth-order valence-corrected chi connectivity index (χ4v) is 6.08. The number of rotatable bonds is 5. The molecule has 182 valence electrons. The van der Waals surface area contributed by atoms with Gasteiger partial charge in [0, 0.05) is 44.1 Å². The number of piperazine rings is 1. The van der Waals surface area contributed by atoms with Gasteiger partial charge in [0.15, 0.2) is 0 Å². The summed E-state index contributed by atoms with van der Waals surface area (Å²) >= 11 is 0. The molecule has 1 saturated carbocycles. The summed E-state index contributed by atoms with van der Waals surface area (Å²) in [5.41, 5.74) is 3.23. The zero-order chi connectivity index (χ0) is 24.3. The summed E-state index contributed by atoms with van der Waals surface area (Å²) in [5, 5.41) is 9.11. The molecule has 1 atom stereocenters. The molecule has 1 aliphatic carbocycles. The third kappa shape index (κ3) is 6.18. The molecule has 7 nitrogen and oxygen atoms in total. The molecule has 7 heteroatoms. The summed E-state index contributed by atoms with van der Waals surface area (Å²) in [6.07, 6.45) is 7.10. The summed E-state index contributed by atoms with van der Waals surface area (Å²) in [7, 11) is 0. The van der Waals surface area contributed by atoms with Crippen LogP contribution < -0.4 is 0 Å². The molecule has 0 bridgehead atoms. The summed E-state index contributed by atoms with van der Waals surface area (Å²) in [5.74, 6) is 0. The zero-order valence-electron chi connectivity index (χ0n) is 20.9. The smallest absolute Gasteiger partial charge is 0.410 e. The lowest BCUT2D eigenvalue weighted by Gasteiger charge is -2.45. The second-order valence-electron chi connectivity index (χ2n) is 11.6. The Morgan fingerprint density at radius 1 is 1.18 bits per heavy atom. The maximum Gasteiger partial charge on any atom is 0.410 e. The average molecular weight is 464 g/mol. The third-order valence-corrected chi connectivity index (χ3v) is 7.13. The topological polar surface area (TPSA) is 85.2 Å². The van der Waals surface area contributed by atoms with Gasteiger partial charge in [0.1, 0.15) is 6.10 Å². The van der Waals surface area contributed by atoms with E-state index in [1.54, 1.807) is 6.33 Å². The van der Waals surface area contributed by atoms with Crippen molar-refractivity contribution in [2.75, 3.05) is 19.6 Å². The number of H-pyrrole nitrogens is 1. The summed E-state index contributed by atoms with van der Waals surface area (Å²) in [6, 6.07) is 10.1. The molecule has 2 aliphatic rings. The number of amides is 1. The standard InChI is InChI=1S/C27H37N5O2/c1-26(2)12-24(13-27(3,4)18-26)34-25(33)32-10-9-31(16-22-15-29-19-30-22)23(17-32)11-20-5-7-21(14-28)8-6-20/h5-8,15,19,23-24H,9-13,16-18H2,1-4H3,(H,29,30). The molecule has 1 unspecified atom stereocenters. The number of aromatic amines is 1. The van der Waals surface area contributed by atoms with Crippen LogP contribution in [0.1, 0.15) is 63.8 Å². The molecule has 2 aromatic rings. The Hall–Kier alpha value is -2.85. The van der Waals surface area contributed by atoms with Crippen LogP contribution in [0.3, 0.4) is 0 Å². The number of carbonyl (C=O) groups is 1. The second-order valence-corrected chi connectivity index (χ2v) is 11.6. The number of aromatic nitrogens is 2. The predicted molar refractivity (Wildman–Crippen MR) is 131 cm³/mol. The highest BCUT2D eigenvalue weighted by Crippen LogP contribution is 2.46. The number of hydrogen-bond donors (Lipinski definition) is 1. The van der Waals surface area contributed by atoms with Crippen LogP contribution in [0.5, 0.6) is 0 Å². The molecule has 1 aromatic heterocycles. The quantitative estimate of drug-likeness (QED) is 0.691. The molecule has 1 aliphatic heterocycles. The fourth-order valence-electron chi connectivity index (χ4n) is 6.08. The normalized spacial score (nSPS) is 22.8. The molecule has 1 aromatic carbocycles. The van der Waals surface area contributed by atoms with Crippen molar-refractivity contribution in [3.05, 3.63) is 53.6 Å². The van der Waals surface area contributed by atoms with E-state index in [0.29, 0.717) is 18.7 Å². The molecular weight excluding hydrogens is 426 g/mol. The van der Waals surface area contributed by atoms with Crippen LogP contribution >= 0.6 is 0 Å². The lowest BCUT2D eigenvalue weighted by molar-refractivity contribution is -0.0325. The minimum atomic E-state index is -0.190. The highest BCUT2D eigenvalue weighted by molar-refractivity contribution is 5.68. The van der Waals surface area contributed by atoms with Crippen molar-refractivity contribution in [3.63, 3.8) is 0 Å². The molecular formula is C27H37N5O2. The first kappa shape index (κ1) is 24.3. The number of hydrogen-bond acceptors (Lipinski definition) is 5. The summed E-state index contributed by atoms with van der Waals surface area (Å²) in [4.78, 5) is 24.9. The molecule has 1 N–H and O–H groups in total. The van der Waals surface area contributed by atoms with Crippen LogP contribution in [0.15, 0.2) is 36.8 Å². The van der Waals surface area contributed by atoms with E-state index in [4.69, 9.17) is 10.00 Å². The number of nitriles is 1. The van der Waals surface area contributed by atoms with Crippen molar-refractivity contribution in [2.45, 2.75) is 72.1 Å². The average Bonchev–Trinajstić information content (AvgIpc) is 3.26. The van der Waals surface area contributed by atoms with Crippen LogP contribution in [-0.2, 0) is 17.7 Å². The maximum absolute atomic E-state index is 13.2. The number of carbonyl (C=O) groups excluding carboxylic acids is 1. The van der Waals surface area contributed by atoms with E-state index in [1.807, 2.05) is 35.4 Å². The van der Waals surface area contributed by atoms with E-state index >= 15 is 0 Å². The highest BCUT2D eigenvalue weighted by Gasteiger charge is 2.41. The van der Waals surface area contributed by atoms with E-state index in [0.717, 1.165) is 50.0 Å². The number of imidazole rings is 1. The Kier molecular flexibility index (Phi) is 6.99. The van der Waals surface area contributed by atoms with Gasteiger partial charge in [0.25, 0.3) is 0 Å². The predicted octanol–water partition coefficient (Wildman–Crippen LogP) is 4.75. The Bertz CT molecular complexity index is 991. The van der Waals surface area contributed by atoms with Crippen LogP contribution in [-0.4, -0.2) is 57.6 Å². The van der Waals surface area contributed by atoms with Crippen molar-refractivity contribution in [3.8, 4) is 6.07 Å². The molecule has 1 amide bonds. The lowest BCUT2D eigenvalue weighted by Crippen LogP contribution is -2.55. The van der Waals surface area contributed by atoms with Crippen LogP contribution in [0.2, 0.25) is 0 Å². The Morgan fingerprint density at radius 3 is 2.50 bits per heavy atom. The lowest BCUT2D eigenvalue weighted by atomic mass is 9.64. The molecule has 34 heavy (non-hydrogen) atoms. The van der Waals surface area contributed by atoms with Gasteiger partial charge in [-0.3, -0.25) is 4.90 Å². The van der Waals surface area contributed by atoms with Crippen molar-refractivity contribution in [1.29, 1.82) is 5.26 Å². The van der Waals surface area contributed by atoms with Crippen molar-refractivity contribution in [1.82, 2.24) is 19.8 Å². The van der Waals surface area contributed by atoms with Gasteiger partial charge in [-0.25, -0.2) is 9.78 Å². The van der Waals surface area contributed by atoms with Gasteiger partial charge in [-0.2, -0.15) is 5.26 Å². The molecule has 2 fully saturated rings. The molecule has 0 spiro atoms. The van der Waals surface area contributed by atoms with E-state index < -0.39 is 0 Å². The monoisotopic (exact) mass is 463 g/mol. The zero-order valence-corrected chi connectivity index (χ0v) is 20.9. The number of ether oxygens (including phenoxy) is 1. The van der Waals surface area contributed by atoms with Gasteiger partial charge < -0.3 is 14.6 Å². The van der Waals surface area contributed by atoms with Crippen molar-refractivity contribution in [2.24, 2.45) is 10.8 Å². The van der Waals surface area contributed by atoms with Gasteiger partial charge in [-0.1, -0.05) is 39.8 Å². The minimum absolute atomic E-state index is 0.0359. The Balaban J connectivity index is 1.44. The second kappa shape index (κ2) is 9.79. The van der Waals surface area contributed by atoms with Crippen molar-refractivity contribution >= 4 is 6.09 Å². The van der Waals surface area contributed by atoms with Crippen LogP contribution in [0.25, 0.3) is 0 Å². The van der Waals surface area contributed by atoms with E-state index in [2.05, 4.69) is 48.6 Å². The minimum Gasteiger partial charge on any atom is -0.446 e. The fraction of sp³-hybridized carbons (Fsp3) is 0.593. The molecule has 2 heterocycles. The van der Waals surface area contributed by atoms with Crippen molar-refractivity contribution < 1.29 is 9.53 Å². The van der Waals surface area contributed by atoms with Gasteiger partial charge in [0.2, 0.25) is 0 Å². The third-order valence-electron chi connectivity index (χ3n) is 7.13. The van der Waals surface area contributed by atoms with E-state index in [1.165, 1.54) is 0 Å².